The molecule has 1 unspecified atom stereocenters. The molecular weight excluding hydrogens is 392 g/mol. The second-order valence-corrected chi connectivity index (χ2v) is 7.98. The Balaban J connectivity index is 1.38. The molecule has 0 saturated carbocycles. The molecular formula is C21H19F2N5S. The summed E-state index contributed by atoms with van der Waals surface area (Å²) in [6, 6.07) is 10.1. The van der Waals surface area contributed by atoms with Crippen molar-refractivity contribution in [1.82, 2.24) is 23.8 Å². The zero-order chi connectivity index (χ0) is 19.8. The third-order valence-electron chi connectivity index (χ3n) is 5.54. The van der Waals surface area contributed by atoms with E-state index in [2.05, 4.69) is 36.0 Å². The van der Waals surface area contributed by atoms with Gasteiger partial charge in [-0.2, -0.15) is 13.8 Å². The highest BCUT2D eigenvalue weighted by Crippen LogP contribution is 2.35. The number of H-pyrrole nitrogens is 1. The summed E-state index contributed by atoms with van der Waals surface area (Å²) in [7, 11) is 0. The van der Waals surface area contributed by atoms with Crippen LogP contribution in [0.3, 0.4) is 0 Å². The number of nitrogens with zero attached hydrogens (tertiary/aromatic N) is 4. The normalized spacial score (nSPS) is 17.8. The van der Waals surface area contributed by atoms with E-state index in [1.807, 2.05) is 6.07 Å². The highest BCUT2D eigenvalue weighted by atomic mass is 32.1. The van der Waals surface area contributed by atoms with Gasteiger partial charge in [-0.1, -0.05) is 12.1 Å². The summed E-state index contributed by atoms with van der Waals surface area (Å²) in [4.78, 5) is 2.37. The molecule has 29 heavy (non-hydrogen) atoms. The predicted molar refractivity (Wildman–Crippen MR) is 109 cm³/mol. The van der Waals surface area contributed by atoms with Crippen LogP contribution in [0.2, 0.25) is 0 Å². The number of aromatic amines is 1. The van der Waals surface area contributed by atoms with Crippen LogP contribution < -0.4 is 0 Å². The number of hydrogen-bond acceptors (Lipinski definition) is 5. The van der Waals surface area contributed by atoms with Crippen molar-refractivity contribution in [1.29, 1.82) is 0 Å². The van der Waals surface area contributed by atoms with Crippen molar-refractivity contribution >= 4 is 22.8 Å². The van der Waals surface area contributed by atoms with Gasteiger partial charge in [0.05, 0.1) is 23.5 Å². The summed E-state index contributed by atoms with van der Waals surface area (Å²) in [5.74, 6) is -0.985. The van der Waals surface area contributed by atoms with Crippen molar-refractivity contribution in [3.63, 3.8) is 0 Å². The predicted octanol–water partition coefficient (Wildman–Crippen LogP) is 4.74. The van der Waals surface area contributed by atoms with Crippen LogP contribution in [-0.4, -0.2) is 36.9 Å². The van der Waals surface area contributed by atoms with Crippen LogP contribution in [0.5, 0.6) is 0 Å². The maximum Gasteiger partial charge on any atom is 0.134 e. The van der Waals surface area contributed by atoms with Gasteiger partial charge < -0.3 is 0 Å². The average Bonchev–Trinajstić information content (AvgIpc) is 3.37. The number of aromatic nitrogens is 4. The van der Waals surface area contributed by atoms with Gasteiger partial charge in [-0.05, 0) is 49.2 Å². The number of fused-ring (bicyclic) bond motifs is 1. The van der Waals surface area contributed by atoms with E-state index in [1.54, 1.807) is 0 Å². The van der Waals surface area contributed by atoms with Crippen molar-refractivity contribution in [3.8, 4) is 11.1 Å². The van der Waals surface area contributed by atoms with Crippen LogP contribution >= 0.6 is 11.7 Å². The molecule has 148 valence electrons. The van der Waals surface area contributed by atoms with E-state index in [1.165, 1.54) is 41.7 Å². The number of nitrogens with one attached hydrogen (secondary N) is 1. The topological polar surface area (TPSA) is 57.7 Å². The minimum absolute atomic E-state index is 0.00476. The number of rotatable bonds is 4. The molecule has 5 nitrogen and oxygen atoms in total. The number of halogens is 2. The van der Waals surface area contributed by atoms with Crippen molar-refractivity contribution in [2.24, 2.45) is 0 Å². The first kappa shape index (κ1) is 18.3. The minimum atomic E-state index is -0.564. The first-order valence-corrected chi connectivity index (χ1v) is 10.3. The van der Waals surface area contributed by atoms with E-state index >= 15 is 0 Å². The van der Waals surface area contributed by atoms with E-state index in [0.29, 0.717) is 5.56 Å². The number of piperidine rings is 1. The summed E-state index contributed by atoms with van der Waals surface area (Å²) in [6.07, 6.45) is 3.50. The van der Waals surface area contributed by atoms with E-state index in [9.17, 15) is 8.78 Å². The SMILES string of the molecule is Fc1cccc(F)c1-c1cn[nH]c1C1CCCN(Cc2ccc3nsnc3c2)C1. The Morgan fingerprint density at radius 3 is 2.79 bits per heavy atom. The average molecular weight is 411 g/mol. The molecule has 1 aliphatic heterocycles. The number of benzene rings is 2. The fourth-order valence-electron chi connectivity index (χ4n) is 4.18. The Labute approximate surface area is 170 Å². The fraction of sp³-hybridized carbons (Fsp3) is 0.286. The third kappa shape index (κ3) is 3.54. The molecule has 1 fully saturated rings. The lowest BCUT2D eigenvalue weighted by molar-refractivity contribution is 0.198. The van der Waals surface area contributed by atoms with Gasteiger partial charge in [-0.3, -0.25) is 10.00 Å². The van der Waals surface area contributed by atoms with Gasteiger partial charge in [0.2, 0.25) is 0 Å². The number of likely N-dealkylation sites (tertiary alicyclic amines) is 1. The molecule has 1 aliphatic rings. The molecule has 5 rings (SSSR count). The molecule has 0 bridgehead atoms. The Morgan fingerprint density at radius 2 is 1.93 bits per heavy atom. The van der Waals surface area contributed by atoms with Crippen LogP contribution in [0.25, 0.3) is 22.2 Å². The van der Waals surface area contributed by atoms with Crippen LogP contribution in [0.4, 0.5) is 8.78 Å². The van der Waals surface area contributed by atoms with E-state index in [0.717, 1.165) is 49.2 Å². The van der Waals surface area contributed by atoms with Crippen LogP contribution in [-0.2, 0) is 6.54 Å². The van der Waals surface area contributed by atoms with Crippen molar-refractivity contribution < 1.29 is 8.78 Å². The minimum Gasteiger partial charge on any atom is -0.298 e. The second-order valence-electron chi connectivity index (χ2n) is 7.46. The maximum atomic E-state index is 14.3. The van der Waals surface area contributed by atoms with Gasteiger partial charge in [0, 0.05) is 30.3 Å². The summed E-state index contributed by atoms with van der Waals surface area (Å²) in [5.41, 5.74) is 4.35. The van der Waals surface area contributed by atoms with Crippen LogP contribution in [0.1, 0.15) is 30.0 Å². The third-order valence-corrected chi connectivity index (χ3v) is 6.10. The lowest BCUT2D eigenvalue weighted by atomic mass is 9.90. The zero-order valence-electron chi connectivity index (χ0n) is 15.6. The fourth-order valence-corrected chi connectivity index (χ4v) is 4.70. The summed E-state index contributed by atoms with van der Waals surface area (Å²) < 4.78 is 37.2. The molecule has 8 heteroatoms. The molecule has 0 radical (unpaired) electrons. The lowest BCUT2D eigenvalue weighted by Crippen LogP contribution is -2.34. The molecule has 4 aromatic rings. The zero-order valence-corrected chi connectivity index (χ0v) is 16.4. The smallest absolute Gasteiger partial charge is 0.134 e. The highest BCUT2D eigenvalue weighted by molar-refractivity contribution is 7.00. The van der Waals surface area contributed by atoms with E-state index < -0.39 is 11.6 Å². The van der Waals surface area contributed by atoms with Crippen LogP contribution in [0, 0.1) is 11.6 Å². The molecule has 2 aromatic carbocycles. The maximum absolute atomic E-state index is 14.3. The Morgan fingerprint density at radius 1 is 1.10 bits per heavy atom. The quantitative estimate of drug-likeness (QED) is 0.527. The Hall–Kier alpha value is -2.71. The molecule has 1 saturated heterocycles. The molecule has 2 aromatic heterocycles. The van der Waals surface area contributed by atoms with Crippen molar-refractivity contribution in [3.05, 3.63) is 65.5 Å². The van der Waals surface area contributed by atoms with Gasteiger partial charge in [0.15, 0.2) is 0 Å². The van der Waals surface area contributed by atoms with Crippen molar-refractivity contribution in [2.45, 2.75) is 25.3 Å². The standard InChI is InChI=1S/C21H19F2N5S/c22-16-4-1-5-17(23)20(16)15-10-24-25-21(15)14-3-2-8-28(12-14)11-13-6-7-18-19(9-13)27-29-26-18/h1,4-7,9-10,14H,2-3,8,11-12H2,(H,24,25). The molecule has 1 N–H and O–H groups in total. The summed E-state index contributed by atoms with van der Waals surface area (Å²) in [5, 5.41) is 7.11. The first-order valence-electron chi connectivity index (χ1n) is 9.60. The van der Waals surface area contributed by atoms with Gasteiger partial charge in [-0.25, -0.2) is 8.78 Å². The summed E-state index contributed by atoms with van der Waals surface area (Å²) in [6.45, 7) is 2.60. The van der Waals surface area contributed by atoms with Crippen molar-refractivity contribution in [2.75, 3.05) is 13.1 Å². The van der Waals surface area contributed by atoms with Crippen LogP contribution in [0.15, 0.2) is 42.6 Å². The summed E-state index contributed by atoms with van der Waals surface area (Å²) >= 11 is 1.22. The van der Waals surface area contributed by atoms with Gasteiger partial charge in [-0.15, -0.1) is 0 Å². The molecule has 0 amide bonds. The highest BCUT2D eigenvalue weighted by Gasteiger charge is 2.27. The Kier molecular flexibility index (Phi) is 4.81. The molecule has 0 aliphatic carbocycles. The monoisotopic (exact) mass is 411 g/mol. The number of hydrogen-bond donors (Lipinski definition) is 1. The first-order chi connectivity index (χ1) is 14.2. The van der Waals surface area contributed by atoms with Gasteiger partial charge >= 0.3 is 0 Å². The van der Waals surface area contributed by atoms with E-state index in [4.69, 9.17) is 0 Å². The molecule has 3 heterocycles. The Bertz CT molecular complexity index is 1130. The molecule has 0 spiro atoms. The van der Waals surface area contributed by atoms with E-state index in [-0.39, 0.29) is 11.5 Å². The van der Waals surface area contributed by atoms with Gasteiger partial charge in [0.1, 0.15) is 22.7 Å². The van der Waals surface area contributed by atoms with Gasteiger partial charge in [0.25, 0.3) is 0 Å². The lowest BCUT2D eigenvalue weighted by Gasteiger charge is -2.32. The second kappa shape index (κ2) is 7.61. The molecule has 1 atom stereocenters. The largest absolute Gasteiger partial charge is 0.298 e.